The Balaban J connectivity index is 1.67. The molecule has 0 bridgehead atoms. The molecule has 0 unspecified atom stereocenters. The Morgan fingerprint density at radius 2 is 1.80 bits per heavy atom. The number of benzene rings is 1. The number of nitrogens with zero attached hydrogens (tertiary/aromatic N) is 2. The van der Waals surface area contributed by atoms with Gasteiger partial charge in [-0.1, -0.05) is 43.9 Å². The monoisotopic (exact) mass is 337 g/mol. The molecule has 1 aromatic carbocycles. The summed E-state index contributed by atoms with van der Waals surface area (Å²) in [4.78, 5) is 18.9. The predicted octanol–water partition coefficient (Wildman–Crippen LogP) is 4.88. The van der Waals surface area contributed by atoms with Gasteiger partial charge in [0.1, 0.15) is 5.69 Å². The van der Waals surface area contributed by atoms with E-state index in [-0.39, 0.29) is 5.91 Å². The van der Waals surface area contributed by atoms with E-state index >= 15 is 0 Å². The molecular weight excluding hydrogens is 310 g/mol. The van der Waals surface area contributed by atoms with Crippen LogP contribution in [-0.4, -0.2) is 23.5 Å². The Hall–Kier alpha value is -2.36. The smallest absolute Gasteiger partial charge is 0.276 e. The average Bonchev–Trinajstić information content (AvgIpc) is 2.92. The van der Waals surface area contributed by atoms with Gasteiger partial charge in [0.15, 0.2) is 0 Å². The number of pyridine rings is 1. The van der Waals surface area contributed by atoms with Crippen LogP contribution in [0, 0.1) is 0 Å². The Bertz CT molecular complexity index is 661. The highest BCUT2D eigenvalue weighted by Crippen LogP contribution is 2.21. The molecule has 3 rings (SSSR count). The lowest BCUT2D eigenvalue weighted by atomic mass is 10.1. The minimum Gasteiger partial charge on any atom is -0.381 e. The molecule has 2 aromatic rings. The SMILES string of the molecule is CCN(C(=O)c1ccc(NC2CCCCCC2)cn1)c1ccccc1. The van der Waals surface area contributed by atoms with E-state index in [1.807, 2.05) is 49.4 Å². The van der Waals surface area contributed by atoms with Crippen LogP contribution in [-0.2, 0) is 0 Å². The second-order valence-corrected chi connectivity index (χ2v) is 6.65. The van der Waals surface area contributed by atoms with Crippen molar-refractivity contribution in [3.63, 3.8) is 0 Å². The first-order chi connectivity index (χ1) is 12.3. The number of amides is 1. The van der Waals surface area contributed by atoms with Gasteiger partial charge in [0.25, 0.3) is 5.91 Å². The molecule has 1 aromatic heterocycles. The summed E-state index contributed by atoms with van der Waals surface area (Å²) in [5.41, 5.74) is 2.39. The minimum atomic E-state index is -0.0604. The Kier molecular flexibility index (Phi) is 6.04. The number of carbonyl (C=O) groups excluding carboxylic acids is 1. The van der Waals surface area contributed by atoms with Gasteiger partial charge in [-0.25, -0.2) is 4.98 Å². The number of hydrogen-bond acceptors (Lipinski definition) is 3. The molecule has 25 heavy (non-hydrogen) atoms. The van der Waals surface area contributed by atoms with E-state index in [1.54, 1.807) is 11.1 Å². The third-order valence-corrected chi connectivity index (χ3v) is 4.84. The van der Waals surface area contributed by atoms with Gasteiger partial charge in [-0.05, 0) is 44.0 Å². The second-order valence-electron chi connectivity index (χ2n) is 6.65. The molecule has 0 saturated heterocycles. The highest BCUT2D eigenvalue weighted by atomic mass is 16.2. The number of anilines is 2. The molecule has 4 nitrogen and oxygen atoms in total. The van der Waals surface area contributed by atoms with Crippen LogP contribution in [0.3, 0.4) is 0 Å². The topological polar surface area (TPSA) is 45.2 Å². The molecular formula is C21H27N3O. The van der Waals surface area contributed by atoms with E-state index in [9.17, 15) is 4.79 Å². The van der Waals surface area contributed by atoms with Gasteiger partial charge in [0.05, 0.1) is 11.9 Å². The van der Waals surface area contributed by atoms with E-state index in [1.165, 1.54) is 38.5 Å². The van der Waals surface area contributed by atoms with Crippen molar-refractivity contribution in [3.05, 3.63) is 54.4 Å². The summed E-state index contributed by atoms with van der Waals surface area (Å²) in [5, 5.41) is 3.57. The highest BCUT2D eigenvalue weighted by Gasteiger charge is 2.17. The number of carbonyl (C=O) groups is 1. The Morgan fingerprint density at radius 1 is 1.08 bits per heavy atom. The van der Waals surface area contributed by atoms with Crippen molar-refractivity contribution in [2.45, 2.75) is 51.5 Å². The molecule has 4 heteroatoms. The lowest BCUT2D eigenvalue weighted by Gasteiger charge is -2.21. The van der Waals surface area contributed by atoms with Crippen molar-refractivity contribution in [1.82, 2.24) is 4.98 Å². The molecule has 1 aliphatic rings. The van der Waals surface area contributed by atoms with Crippen LogP contribution in [0.15, 0.2) is 48.7 Å². The van der Waals surface area contributed by atoms with Crippen LogP contribution in [0.5, 0.6) is 0 Å². The lowest BCUT2D eigenvalue weighted by molar-refractivity contribution is 0.0983. The van der Waals surface area contributed by atoms with Gasteiger partial charge in [-0.2, -0.15) is 0 Å². The summed E-state index contributed by atoms with van der Waals surface area (Å²) < 4.78 is 0. The number of nitrogens with one attached hydrogen (secondary N) is 1. The number of para-hydroxylation sites is 1. The summed E-state index contributed by atoms with van der Waals surface area (Å²) in [5.74, 6) is -0.0604. The first-order valence-corrected chi connectivity index (χ1v) is 9.37. The summed E-state index contributed by atoms with van der Waals surface area (Å²) in [6.45, 7) is 2.60. The first kappa shape index (κ1) is 17.5. The van der Waals surface area contributed by atoms with Crippen molar-refractivity contribution in [2.75, 3.05) is 16.8 Å². The number of rotatable bonds is 5. The average molecular weight is 337 g/mol. The zero-order chi connectivity index (χ0) is 17.5. The van der Waals surface area contributed by atoms with Crippen molar-refractivity contribution < 1.29 is 4.79 Å². The highest BCUT2D eigenvalue weighted by molar-refractivity contribution is 6.04. The lowest BCUT2D eigenvalue weighted by Crippen LogP contribution is -2.31. The maximum Gasteiger partial charge on any atom is 0.276 e. The van der Waals surface area contributed by atoms with Crippen LogP contribution < -0.4 is 10.2 Å². The van der Waals surface area contributed by atoms with Gasteiger partial charge in [0.2, 0.25) is 0 Å². The van der Waals surface area contributed by atoms with E-state index in [0.717, 1.165) is 11.4 Å². The van der Waals surface area contributed by atoms with Gasteiger partial charge < -0.3 is 10.2 Å². The molecule has 1 fully saturated rings. The molecule has 1 N–H and O–H groups in total. The largest absolute Gasteiger partial charge is 0.381 e. The quantitative estimate of drug-likeness (QED) is 0.791. The number of hydrogen-bond donors (Lipinski definition) is 1. The van der Waals surface area contributed by atoms with Crippen LogP contribution in [0.2, 0.25) is 0 Å². The van der Waals surface area contributed by atoms with E-state index in [2.05, 4.69) is 10.3 Å². The van der Waals surface area contributed by atoms with Crippen LogP contribution in [0.4, 0.5) is 11.4 Å². The maximum atomic E-state index is 12.8. The summed E-state index contributed by atoms with van der Waals surface area (Å²) in [6, 6.07) is 14.1. The van der Waals surface area contributed by atoms with E-state index < -0.39 is 0 Å². The molecule has 0 aliphatic heterocycles. The van der Waals surface area contributed by atoms with Crippen LogP contribution in [0.25, 0.3) is 0 Å². The standard InChI is InChI=1S/C21H27N3O/c1-2-24(19-12-8-5-9-13-19)21(25)20-15-14-18(16-22-20)23-17-10-6-3-4-7-11-17/h5,8-9,12-17,23H,2-4,6-7,10-11H2,1H3. The number of aromatic nitrogens is 1. The molecule has 0 radical (unpaired) electrons. The zero-order valence-corrected chi connectivity index (χ0v) is 14.9. The van der Waals surface area contributed by atoms with E-state index in [0.29, 0.717) is 18.3 Å². The minimum absolute atomic E-state index is 0.0604. The van der Waals surface area contributed by atoms with Gasteiger partial charge in [0, 0.05) is 18.3 Å². The van der Waals surface area contributed by atoms with Gasteiger partial charge in [-0.15, -0.1) is 0 Å². The summed E-state index contributed by atoms with van der Waals surface area (Å²) in [6.07, 6.45) is 9.51. The Morgan fingerprint density at radius 3 is 2.40 bits per heavy atom. The van der Waals surface area contributed by atoms with Crippen LogP contribution >= 0.6 is 0 Å². The van der Waals surface area contributed by atoms with Crippen molar-refractivity contribution in [3.8, 4) is 0 Å². The molecule has 132 valence electrons. The molecule has 1 saturated carbocycles. The second kappa shape index (κ2) is 8.65. The normalized spacial score (nSPS) is 15.4. The van der Waals surface area contributed by atoms with Crippen molar-refractivity contribution in [1.29, 1.82) is 0 Å². The van der Waals surface area contributed by atoms with Gasteiger partial charge >= 0.3 is 0 Å². The van der Waals surface area contributed by atoms with Gasteiger partial charge in [-0.3, -0.25) is 4.79 Å². The maximum absolute atomic E-state index is 12.8. The first-order valence-electron chi connectivity index (χ1n) is 9.37. The van der Waals surface area contributed by atoms with Crippen molar-refractivity contribution >= 4 is 17.3 Å². The molecule has 1 amide bonds. The fourth-order valence-electron chi connectivity index (χ4n) is 3.45. The zero-order valence-electron chi connectivity index (χ0n) is 14.9. The molecule has 1 aliphatic carbocycles. The summed E-state index contributed by atoms with van der Waals surface area (Å²) >= 11 is 0. The Labute approximate surface area is 150 Å². The third-order valence-electron chi connectivity index (χ3n) is 4.84. The fraction of sp³-hybridized carbons (Fsp3) is 0.429. The molecule has 0 spiro atoms. The van der Waals surface area contributed by atoms with Crippen LogP contribution in [0.1, 0.15) is 55.9 Å². The van der Waals surface area contributed by atoms with Crippen molar-refractivity contribution in [2.24, 2.45) is 0 Å². The molecule has 0 atom stereocenters. The fourth-order valence-corrected chi connectivity index (χ4v) is 3.45. The third kappa shape index (κ3) is 4.59. The predicted molar refractivity (Wildman–Crippen MR) is 103 cm³/mol. The summed E-state index contributed by atoms with van der Waals surface area (Å²) in [7, 11) is 0. The van der Waals surface area contributed by atoms with E-state index in [4.69, 9.17) is 0 Å². The molecule has 1 heterocycles.